The van der Waals surface area contributed by atoms with Gasteiger partial charge in [0.2, 0.25) is 6.79 Å². The minimum atomic E-state index is -0.424. The third-order valence-corrected chi connectivity index (χ3v) is 3.81. The van der Waals surface area contributed by atoms with Crippen LogP contribution in [0.15, 0.2) is 42.5 Å². The van der Waals surface area contributed by atoms with Gasteiger partial charge in [-0.25, -0.2) is 9.59 Å². The predicted molar refractivity (Wildman–Crippen MR) is 90.9 cm³/mol. The molecule has 0 fully saturated rings. The fourth-order valence-electron chi connectivity index (χ4n) is 2.44. The average Bonchev–Trinajstić information content (AvgIpc) is 3.09. The van der Waals surface area contributed by atoms with E-state index in [2.05, 4.69) is 15.4 Å². The smallest absolute Gasteiger partial charge is 0.337 e. The first kappa shape index (κ1) is 16.6. The van der Waals surface area contributed by atoms with Crippen molar-refractivity contribution in [2.75, 3.05) is 19.2 Å². The number of benzene rings is 2. The highest BCUT2D eigenvalue weighted by Gasteiger charge is 2.17. The van der Waals surface area contributed by atoms with Crippen LogP contribution in [-0.2, 0) is 4.74 Å². The Labute approximate surface area is 144 Å². The number of methoxy groups -OCH3 is 1. The first-order valence-electron chi connectivity index (χ1n) is 7.72. The molecule has 2 aromatic rings. The van der Waals surface area contributed by atoms with Crippen LogP contribution in [0.1, 0.15) is 28.9 Å². The van der Waals surface area contributed by atoms with Crippen LogP contribution in [-0.4, -0.2) is 25.9 Å². The molecular weight excluding hydrogens is 324 g/mol. The number of rotatable bonds is 4. The van der Waals surface area contributed by atoms with Gasteiger partial charge in [0.25, 0.3) is 0 Å². The Bertz CT molecular complexity index is 789. The molecule has 130 valence electrons. The molecule has 25 heavy (non-hydrogen) atoms. The Balaban J connectivity index is 1.59. The summed E-state index contributed by atoms with van der Waals surface area (Å²) in [6, 6.07) is 11.4. The SMILES string of the molecule is COC(=O)c1ccc(NC(=O)N[C@H](C)c2ccc3c(c2)OCO3)cc1. The largest absolute Gasteiger partial charge is 0.465 e. The van der Waals surface area contributed by atoms with E-state index in [4.69, 9.17) is 9.47 Å². The molecule has 3 rings (SSSR count). The highest BCUT2D eigenvalue weighted by atomic mass is 16.7. The second-order valence-electron chi connectivity index (χ2n) is 5.50. The van der Waals surface area contributed by atoms with E-state index in [0.29, 0.717) is 22.7 Å². The number of fused-ring (bicyclic) bond motifs is 1. The van der Waals surface area contributed by atoms with Crippen LogP contribution in [0.2, 0.25) is 0 Å². The summed E-state index contributed by atoms with van der Waals surface area (Å²) in [7, 11) is 1.32. The molecule has 0 bridgehead atoms. The molecular formula is C18H18N2O5. The quantitative estimate of drug-likeness (QED) is 0.834. The second kappa shape index (κ2) is 7.12. The van der Waals surface area contributed by atoms with Gasteiger partial charge >= 0.3 is 12.0 Å². The molecule has 0 radical (unpaired) electrons. The van der Waals surface area contributed by atoms with E-state index in [-0.39, 0.29) is 18.9 Å². The number of carbonyl (C=O) groups is 2. The Hall–Kier alpha value is -3.22. The molecule has 2 aromatic carbocycles. The summed E-state index contributed by atoms with van der Waals surface area (Å²) in [5, 5.41) is 5.57. The summed E-state index contributed by atoms with van der Waals surface area (Å²) in [6.07, 6.45) is 0. The van der Waals surface area contributed by atoms with E-state index in [0.717, 1.165) is 5.56 Å². The van der Waals surface area contributed by atoms with Crippen molar-refractivity contribution in [3.63, 3.8) is 0 Å². The molecule has 7 heteroatoms. The topological polar surface area (TPSA) is 85.9 Å². The summed E-state index contributed by atoms with van der Waals surface area (Å²) >= 11 is 0. The van der Waals surface area contributed by atoms with Gasteiger partial charge in [-0.3, -0.25) is 0 Å². The maximum absolute atomic E-state index is 12.1. The zero-order valence-corrected chi connectivity index (χ0v) is 13.9. The predicted octanol–water partition coefficient (Wildman–Crippen LogP) is 3.08. The number of nitrogens with one attached hydrogen (secondary N) is 2. The van der Waals surface area contributed by atoms with E-state index in [1.54, 1.807) is 24.3 Å². The van der Waals surface area contributed by atoms with Crippen LogP contribution in [0, 0.1) is 0 Å². The minimum Gasteiger partial charge on any atom is -0.465 e. The molecule has 0 aromatic heterocycles. The van der Waals surface area contributed by atoms with Gasteiger partial charge in [-0.1, -0.05) is 6.07 Å². The molecule has 2 amide bonds. The lowest BCUT2D eigenvalue weighted by Gasteiger charge is -2.15. The third-order valence-electron chi connectivity index (χ3n) is 3.81. The number of amides is 2. The number of anilines is 1. The van der Waals surface area contributed by atoms with Gasteiger partial charge in [-0.15, -0.1) is 0 Å². The van der Waals surface area contributed by atoms with Gasteiger partial charge in [0.1, 0.15) is 0 Å². The highest BCUT2D eigenvalue weighted by Crippen LogP contribution is 2.34. The van der Waals surface area contributed by atoms with Crippen molar-refractivity contribution in [2.45, 2.75) is 13.0 Å². The van der Waals surface area contributed by atoms with Gasteiger partial charge in [0.15, 0.2) is 11.5 Å². The monoisotopic (exact) mass is 342 g/mol. The zero-order valence-electron chi connectivity index (χ0n) is 13.9. The molecule has 0 saturated heterocycles. The van der Waals surface area contributed by atoms with Crippen molar-refractivity contribution < 1.29 is 23.8 Å². The minimum absolute atomic E-state index is 0.211. The Morgan fingerprint density at radius 1 is 1.08 bits per heavy atom. The van der Waals surface area contributed by atoms with E-state index >= 15 is 0 Å². The molecule has 0 spiro atoms. The molecule has 1 aliphatic heterocycles. The third kappa shape index (κ3) is 3.82. The number of ether oxygens (including phenoxy) is 3. The van der Waals surface area contributed by atoms with E-state index in [9.17, 15) is 9.59 Å². The van der Waals surface area contributed by atoms with Crippen LogP contribution < -0.4 is 20.1 Å². The van der Waals surface area contributed by atoms with Gasteiger partial charge in [-0.2, -0.15) is 0 Å². The van der Waals surface area contributed by atoms with Gasteiger partial charge in [0.05, 0.1) is 18.7 Å². The van der Waals surface area contributed by atoms with Crippen molar-refractivity contribution in [3.05, 3.63) is 53.6 Å². The Morgan fingerprint density at radius 3 is 2.52 bits per heavy atom. The number of carbonyl (C=O) groups excluding carboxylic acids is 2. The summed E-state index contributed by atoms with van der Waals surface area (Å²) in [5.74, 6) is 0.948. The second-order valence-corrected chi connectivity index (χ2v) is 5.50. The van der Waals surface area contributed by atoms with Crippen LogP contribution in [0.4, 0.5) is 10.5 Å². The van der Waals surface area contributed by atoms with Crippen molar-refractivity contribution in [3.8, 4) is 11.5 Å². The van der Waals surface area contributed by atoms with Gasteiger partial charge in [0, 0.05) is 5.69 Å². The molecule has 1 heterocycles. The summed E-state index contributed by atoms with van der Waals surface area (Å²) in [6.45, 7) is 2.08. The summed E-state index contributed by atoms with van der Waals surface area (Å²) in [4.78, 5) is 23.5. The van der Waals surface area contributed by atoms with Crippen LogP contribution >= 0.6 is 0 Å². The fraction of sp³-hybridized carbons (Fsp3) is 0.222. The van der Waals surface area contributed by atoms with E-state index in [1.165, 1.54) is 7.11 Å². The number of esters is 1. The maximum Gasteiger partial charge on any atom is 0.337 e. The summed E-state index contributed by atoms with van der Waals surface area (Å²) in [5.41, 5.74) is 1.89. The number of urea groups is 1. The van der Waals surface area contributed by atoms with Crippen molar-refractivity contribution in [1.82, 2.24) is 5.32 Å². The summed E-state index contributed by atoms with van der Waals surface area (Å²) < 4.78 is 15.2. The van der Waals surface area contributed by atoms with Crippen LogP contribution in [0.3, 0.4) is 0 Å². The van der Waals surface area contributed by atoms with Crippen molar-refractivity contribution in [2.24, 2.45) is 0 Å². The van der Waals surface area contributed by atoms with Crippen molar-refractivity contribution >= 4 is 17.7 Å². The van der Waals surface area contributed by atoms with E-state index < -0.39 is 5.97 Å². The molecule has 2 N–H and O–H groups in total. The first-order chi connectivity index (χ1) is 12.1. The van der Waals surface area contributed by atoms with Crippen molar-refractivity contribution in [1.29, 1.82) is 0 Å². The highest BCUT2D eigenvalue weighted by molar-refractivity contribution is 5.92. The van der Waals surface area contributed by atoms with E-state index in [1.807, 2.05) is 25.1 Å². The zero-order chi connectivity index (χ0) is 17.8. The molecule has 1 atom stereocenters. The average molecular weight is 342 g/mol. The standard InChI is InChI=1S/C18H18N2O5/c1-11(13-5-8-15-16(9-13)25-10-24-15)19-18(22)20-14-6-3-12(4-7-14)17(21)23-2/h3-9,11H,10H2,1-2H3,(H2,19,20,22)/t11-/m1/s1. The van der Waals surface area contributed by atoms with Gasteiger partial charge < -0.3 is 24.8 Å². The Kier molecular flexibility index (Phi) is 4.74. The molecule has 0 unspecified atom stereocenters. The lowest BCUT2D eigenvalue weighted by atomic mass is 10.1. The fourth-order valence-corrected chi connectivity index (χ4v) is 2.44. The Morgan fingerprint density at radius 2 is 1.80 bits per heavy atom. The maximum atomic E-state index is 12.1. The number of hydrogen-bond donors (Lipinski definition) is 2. The molecule has 0 aliphatic carbocycles. The molecule has 7 nitrogen and oxygen atoms in total. The van der Waals surface area contributed by atoms with Crippen LogP contribution in [0.5, 0.6) is 11.5 Å². The molecule has 1 aliphatic rings. The first-order valence-corrected chi connectivity index (χ1v) is 7.72. The normalized spacial score (nSPS) is 13.0. The van der Waals surface area contributed by atoms with Gasteiger partial charge in [-0.05, 0) is 48.9 Å². The van der Waals surface area contributed by atoms with Crippen LogP contribution in [0.25, 0.3) is 0 Å². The number of hydrogen-bond acceptors (Lipinski definition) is 5. The lowest BCUT2D eigenvalue weighted by Crippen LogP contribution is -2.31. The lowest BCUT2D eigenvalue weighted by molar-refractivity contribution is 0.0600. The molecule has 0 saturated carbocycles.